The molecule has 2 aromatic heterocycles. The molecule has 1 aliphatic rings. The first kappa shape index (κ1) is 14.7. The Hall–Kier alpha value is -2.89. The molecule has 0 unspecified atom stereocenters. The predicted molar refractivity (Wildman–Crippen MR) is 87.5 cm³/mol. The van der Waals surface area contributed by atoms with Crippen LogP contribution in [0.4, 0.5) is 0 Å². The van der Waals surface area contributed by atoms with Crippen molar-refractivity contribution in [1.82, 2.24) is 19.6 Å². The van der Waals surface area contributed by atoms with E-state index in [-0.39, 0.29) is 17.7 Å². The molecule has 2 atom stereocenters. The van der Waals surface area contributed by atoms with E-state index in [1.165, 1.54) is 12.0 Å². The molecular formula is C18H18N4O2. The highest BCUT2D eigenvalue weighted by Gasteiger charge is 2.39. The summed E-state index contributed by atoms with van der Waals surface area (Å²) >= 11 is 0. The van der Waals surface area contributed by atoms with Gasteiger partial charge in [0.15, 0.2) is 5.82 Å². The van der Waals surface area contributed by atoms with Gasteiger partial charge in [-0.25, -0.2) is 0 Å². The number of benzene rings is 1. The standard InChI is InChI=1S/C18H18N4O2/c1-21-9-5-8-16(21)18(23)22-10-14(13-6-3-2-4-7-13)15(11-22)17-19-12-24-20-17/h2-9,12,14-15H,10-11H2,1H3/t14-,15-/m1/s1. The largest absolute Gasteiger partial charge is 0.347 e. The van der Waals surface area contributed by atoms with Crippen molar-refractivity contribution in [3.63, 3.8) is 0 Å². The summed E-state index contributed by atoms with van der Waals surface area (Å²) in [6.45, 7) is 1.23. The Morgan fingerprint density at radius 3 is 2.58 bits per heavy atom. The van der Waals surface area contributed by atoms with Gasteiger partial charge in [-0.15, -0.1) is 0 Å². The van der Waals surface area contributed by atoms with E-state index in [4.69, 9.17) is 4.52 Å². The molecule has 122 valence electrons. The molecule has 1 aliphatic heterocycles. The third kappa shape index (κ3) is 2.50. The summed E-state index contributed by atoms with van der Waals surface area (Å²) < 4.78 is 6.78. The third-order valence-electron chi connectivity index (χ3n) is 4.71. The summed E-state index contributed by atoms with van der Waals surface area (Å²) in [5, 5.41) is 4.02. The van der Waals surface area contributed by atoms with Crippen LogP contribution in [0, 0.1) is 0 Å². The van der Waals surface area contributed by atoms with Crippen LogP contribution in [0.5, 0.6) is 0 Å². The number of hydrogen-bond acceptors (Lipinski definition) is 4. The smallest absolute Gasteiger partial charge is 0.270 e. The maximum atomic E-state index is 12.9. The summed E-state index contributed by atoms with van der Waals surface area (Å²) in [6, 6.07) is 13.9. The fraction of sp³-hybridized carbons (Fsp3) is 0.278. The van der Waals surface area contributed by atoms with Crippen molar-refractivity contribution in [3.8, 4) is 0 Å². The van der Waals surface area contributed by atoms with Gasteiger partial charge < -0.3 is 14.0 Å². The first-order chi connectivity index (χ1) is 11.7. The average molecular weight is 322 g/mol. The second-order valence-corrected chi connectivity index (χ2v) is 6.13. The van der Waals surface area contributed by atoms with Crippen LogP contribution >= 0.6 is 0 Å². The minimum atomic E-state index is 0.0365. The molecule has 1 saturated heterocycles. The number of likely N-dealkylation sites (tertiary alicyclic amines) is 1. The Balaban J connectivity index is 1.66. The van der Waals surface area contributed by atoms with Gasteiger partial charge in [0, 0.05) is 38.2 Å². The van der Waals surface area contributed by atoms with E-state index in [0.29, 0.717) is 24.6 Å². The second kappa shape index (κ2) is 5.96. The zero-order valence-corrected chi connectivity index (χ0v) is 13.4. The van der Waals surface area contributed by atoms with Gasteiger partial charge in [-0.3, -0.25) is 4.79 Å². The highest BCUT2D eigenvalue weighted by Crippen LogP contribution is 2.38. The van der Waals surface area contributed by atoms with Crippen molar-refractivity contribution in [2.75, 3.05) is 13.1 Å². The number of amides is 1. The van der Waals surface area contributed by atoms with Gasteiger partial charge in [-0.05, 0) is 17.7 Å². The molecule has 6 nitrogen and oxygen atoms in total. The fourth-order valence-electron chi connectivity index (χ4n) is 3.46. The van der Waals surface area contributed by atoms with Gasteiger partial charge >= 0.3 is 0 Å². The van der Waals surface area contributed by atoms with Crippen molar-refractivity contribution in [1.29, 1.82) is 0 Å². The van der Waals surface area contributed by atoms with Crippen LogP contribution < -0.4 is 0 Å². The molecule has 3 heterocycles. The third-order valence-corrected chi connectivity index (χ3v) is 4.71. The average Bonchev–Trinajstić information content (AvgIpc) is 3.35. The van der Waals surface area contributed by atoms with E-state index < -0.39 is 0 Å². The minimum absolute atomic E-state index is 0.0365. The molecule has 4 rings (SSSR count). The minimum Gasteiger partial charge on any atom is -0.347 e. The Morgan fingerprint density at radius 1 is 1.12 bits per heavy atom. The molecule has 0 spiro atoms. The van der Waals surface area contributed by atoms with Crippen molar-refractivity contribution in [2.45, 2.75) is 11.8 Å². The Kier molecular flexibility index (Phi) is 3.65. The Morgan fingerprint density at radius 2 is 1.92 bits per heavy atom. The maximum Gasteiger partial charge on any atom is 0.270 e. The summed E-state index contributed by atoms with van der Waals surface area (Å²) in [5.41, 5.74) is 1.88. The lowest BCUT2D eigenvalue weighted by atomic mass is 9.88. The molecule has 1 fully saturated rings. The highest BCUT2D eigenvalue weighted by atomic mass is 16.5. The number of aromatic nitrogens is 3. The molecular weight excluding hydrogens is 304 g/mol. The molecule has 0 aliphatic carbocycles. The van der Waals surface area contributed by atoms with E-state index in [2.05, 4.69) is 22.3 Å². The van der Waals surface area contributed by atoms with E-state index in [9.17, 15) is 4.79 Å². The molecule has 0 saturated carbocycles. The predicted octanol–water partition coefficient (Wildman–Crippen LogP) is 2.43. The van der Waals surface area contributed by atoms with Crippen LogP contribution in [0.1, 0.15) is 33.7 Å². The molecule has 0 bridgehead atoms. The first-order valence-electron chi connectivity index (χ1n) is 7.96. The highest BCUT2D eigenvalue weighted by molar-refractivity contribution is 5.93. The molecule has 0 radical (unpaired) electrons. The van der Waals surface area contributed by atoms with E-state index in [0.717, 1.165) is 0 Å². The van der Waals surface area contributed by atoms with E-state index in [1.54, 1.807) is 0 Å². The second-order valence-electron chi connectivity index (χ2n) is 6.13. The lowest BCUT2D eigenvalue weighted by Gasteiger charge is -2.17. The number of rotatable bonds is 3. The lowest BCUT2D eigenvalue weighted by molar-refractivity contribution is 0.0779. The number of carbonyl (C=O) groups excluding carboxylic acids is 1. The van der Waals surface area contributed by atoms with Gasteiger partial charge in [0.05, 0.1) is 0 Å². The van der Waals surface area contributed by atoms with Crippen LogP contribution in [0.3, 0.4) is 0 Å². The van der Waals surface area contributed by atoms with Crippen LogP contribution in [0.15, 0.2) is 59.6 Å². The summed E-state index contributed by atoms with van der Waals surface area (Å²) in [5.74, 6) is 0.892. The fourth-order valence-corrected chi connectivity index (χ4v) is 3.46. The first-order valence-corrected chi connectivity index (χ1v) is 7.96. The van der Waals surface area contributed by atoms with Crippen LogP contribution in [0.2, 0.25) is 0 Å². The molecule has 3 aromatic rings. The van der Waals surface area contributed by atoms with Gasteiger partial charge in [-0.1, -0.05) is 35.5 Å². The summed E-state index contributed by atoms with van der Waals surface area (Å²) in [4.78, 5) is 19.0. The number of aryl methyl sites for hydroxylation is 1. The molecule has 0 N–H and O–H groups in total. The maximum absolute atomic E-state index is 12.9. The van der Waals surface area contributed by atoms with Crippen molar-refractivity contribution < 1.29 is 9.32 Å². The molecule has 6 heteroatoms. The van der Waals surface area contributed by atoms with E-state index in [1.807, 2.05) is 53.0 Å². The topological polar surface area (TPSA) is 64.2 Å². The van der Waals surface area contributed by atoms with Crippen LogP contribution in [0.25, 0.3) is 0 Å². The van der Waals surface area contributed by atoms with Gasteiger partial charge in [0.1, 0.15) is 5.69 Å². The van der Waals surface area contributed by atoms with Crippen LogP contribution in [-0.4, -0.2) is 38.6 Å². The van der Waals surface area contributed by atoms with Crippen molar-refractivity contribution >= 4 is 5.91 Å². The summed E-state index contributed by atoms with van der Waals surface area (Å²) in [6.07, 6.45) is 3.23. The Labute approximate surface area is 139 Å². The zero-order valence-electron chi connectivity index (χ0n) is 13.4. The van der Waals surface area contributed by atoms with Crippen molar-refractivity contribution in [2.24, 2.45) is 7.05 Å². The van der Waals surface area contributed by atoms with Gasteiger partial charge in [0.2, 0.25) is 6.39 Å². The number of hydrogen-bond donors (Lipinski definition) is 0. The lowest BCUT2D eigenvalue weighted by Crippen LogP contribution is -2.30. The SMILES string of the molecule is Cn1cccc1C(=O)N1C[C@H](c2ccccc2)[C@H](c2ncon2)C1. The number of nitrogens with zero attached hydrogens (tertiary/aromatic N) is 4. The van der Waals surface area contributed by atoms with Crippen molar-refractivity contribution in [3.05, 3.63) is 72.1 Å². The quantitative estimate of drug-likeness (QED) is 0.743. The summed E-state index contributed by atoms with van der Waals surface area (Å²) in [7, 11) is 1.88. The Bertz CT molecular complexity index is 826. The molecule has 24 heavy (non-hydrogen) atoms. The van der Waals surface area contributed by atoms with Gasteiger partial charge in [-0.2, -0.15) is 4.98 Å². The zero-order chi connectivity index (χ0) is 16.5. The number of carbonyl (C=O) groups is 1. The van der Waals surface area contributed by atoms with Crippen LogP contribution in [-0.2, 0) is 7.05 Å². The molecule has 1 aromatic carbocycles. The monoisotopic (exact) mass is 322 g/mol. The molecule has 1 amide bonds. The van der Waals surface area contributed by atoms with Gasteiger partial charge in [0.25, 0.3) is 5.91 Å². The van der Waals surface area contributed by atoms with E-state index >= 15 is 0 Å². The normalized spacial score (nSPS) is 20.5.